The lowest BCUT2D eigenvalue weighted by atomic mass is 9.84. The van der Waals surface area contributed by atoms with Crippen LogP contribution in [0.2, 0.25) is 0 Å². The third-order valence-electron chi connectivity index (χ3n) is 4.44. The summed E-state index contributed by atoms with van der Waals surface area (Å²) >= 11 is 0. The summed E-state index contributed by atoms with van der Waals surface area (Å²) in [5.74, 6) is 1.80. The highest BCUT2D eigenvalue weighted by Crippen LogP contribution is 2.25. The number of rotatable bonds is 4. The number of hydrogen-bond donors (Lipinski definition) is 1. The Hall–Kier alpha value is -0.0800. The highest BCUT2D eigenvalue weighted by atomic mass is 15.1. The number of likely N-dealkylation sites (tertiary alicyclic amines) is 1. The van der Waals surface area contributed by atoms with Crippen LogP contribution in [-0.2, 0) is 0 Å². The van der Waals surface area contributed by atoms with Crippen LogP contribution in [0.15, 0.2) is 0 Å². The summed E-state index contributed by atoms with van der Waals surface area (Å²) in [5.41, 5.74) is 6.46. The van der Waals surface area contributed by atoms with Gasteiger partial charge in [0.2, 0.25) is 0 Å². The molecular formula is C15H32N2. The van der Waals surface area contributed by atoms with Gasteiger partial charge in [-0.2, -0.15) is 0 Å². The molecule has 0 aliphatic carbocycles. The second-order valence-corrected chi connectivity index (χ2v) is 7.18. The first-order chi connectivity index (χ1) is 7.80. The van der Waals surface area contributed by atoms with E-state index in [1.54, 1.807) is 0 Å². The molecule has 1 unspecified atom stereocenters. The van der Waals surface area contributed by atoms with E-state index in [1.807, 2.05) is 0 Å². The molecule has 2 N–H and O–H groups in total. The molecule has 1 fully saturated rings. The molecule has 0 radical (unpaired) electrons. The molecule has 1 rings (SSSR count). The van der Waals surface area contributed by atoms with Crippen molar-refractivity contribution in [2.24, 2.45) is 23.0 Å². The van der Waals surface area contributed by atoms with Crippen molar-refractivity contribution in [3.8, 4) is 0 Å². The summed E-state index contributed by atoms with van der Waals surface area (Å²) in [5, 5.41) is 0. The molecule has 1 aliphatic heterocycles. The zero-order valence-electron chi connectivity index (χ0n) is 12.5. The lowest BCUT2D eigenvalue weighted by Gasteiger charge is -2.35. The van der Waals surface area contributed by atoms with Crippen LogP contribution < -0.4 is 5.73 Å². The summed E-state index contributed by atoms with van der Waals surface area (Å²) < 4.78 is 0. The highest BCUT2D eigenvalue weighted by Gasteiger charge is 2.24. The molecule has 1 saturated heterocycles. The van der Waals surface area contributed by atoms with Crippen molar-refractivity contribution in [1.29, 1.82) is 0 Å². The fourth-order valence-corrected chi connectivity index (χ4v) is 2.60. The number of nitrogens with two attached hydrogens (primary N) is 1. The van der Waals surface area contributed by atoms with Crippen LogP contribution in [0, 0.1) is 17.3 Å². The van der Waals surface area contributed by atoms with E-state index >= 15 is 0 Å². The molecule has 0 spiro atoms. The molecule has 1 heterocycles. The van der Waals surface area contributed by atoms with E-state index in [1.165, 1.54) is 32.5 Å². The van der Waals surface area contributed by atoms with Crippen LogP contribution in [0.5, 0.6) is 0 Å². The molecule has 0 aromatic carbocycles. The lowest BCUT2D eigenvalue weighted by Crippen LogP contribution is -2.41. The van der Waals surface area contributed by atoms with Crippen LogP contribution in [0.4, 0.5) is 0 Å². The summed E-state index contributed by atoms with van der Waals surface area (Å²) in [4.78, 5) is 2.60. The van der Waals surface area contributed by atoms with Gasteiger partial charge in [0.15, 0.2) is 0 Å². The molecule has 1 aliphatic rings. The molecule has 0 aromatic rings. The van der Waals surface area contributed by atoms with Crippen molar-refractivity contribution >= 4 is 0 Å². The van der Waals surface area contributed by atoms with Gasteiger partial charge in [-0.3, -0.25) is 0 Å². The molecular weight excluding hydrogens is 208 g/mol. The van der Waals surface area contributed by atoms with Crippen molar-refractivity contribution < 1.29 is 0 Å². The number of hydrogen-bond acceptors (Lipinski definition) is 2. The maximum Gasteiger partial charge on any atom is 0.00998 e. The lowest BCUT2D eigenvalue weighted by molar-refractivity contribution is 0.146. The Balaban J connectivity index is 2.23. The second-order valence-electron chi connectivity index (χ2n) is 7.18. The van der Waals surface area contributed by atoms with Gasteiger partial charge in [-0.15, -0.1) is 0 Å². The molecule has 0 aromatic heterocycles. The van der Waals surface area contributed by atoms with Crippen molar-refractivity contribution in [2.75, 3.05) is 19.6 Å². The average Bonchev–Trinajstić information content (AvgIpc) is 2.25. The summed E-state index contributed by atoms with van der Waals surface area (Å²) in [6.07, 6.45) is 3.89. The fourth-order valence-electron chi connectivity index (χ4n) is 2.60. The van der Waals surface area contributed by atoms with Crippen molar-refractivity contribution in [3.05, 3.63) is 0 Å². The minimum Gasteiger partial charge on any atom is -0.327 e. The van der Waals surface area contributed by atoms with Crippen molar-refractivity contribution in [2.45, 2.75) is 59.9 Å². The van der Waals surface area contributed by atoms with Gasteiger partial charge < -0.3 is 10.6 Å². The van der Waals surface area contributed by atoms with Gasteiger partial charge in [-0.25, -0.2) is 0 Å². The van der Waals surface area contributed by atoms with Crippen LogP contribution in [0.25, 0.3) is 0 Å². The van der Waals surface area contributed by atoms with E-state index < -0.39 is 0 Å². The predicted octanol–water partition coefficient (Wildman–Crippen LogP) is 3.12. The summed E-state index contributed by atoms with van der Waals surface area (Å²) in [6.45, 7) is 15.2. The largest absolute Gasteiger partial charge is 0.327 e. The normalized spacial score (nSPS) is 22.1. The van der Waals surface area contributed by atoms with E-state index in [4.69, 9.17) is 5.73 Å². The minimum atomic E-state index is 0.246. The Bertz CT molecular complexity index is 209. The minimum absolute atomic E-state index is 0.246. The molecule has 0 bridgehead atoms. The maximum atomic E-state index is 6.22. The Kier molecular flexibility index (Phi) is 5.46. The van der Waals surface area contributed by atoms with Gasteiger partial charge in [0.1, 0.15) is 0 Å². The quantitative estimate of drug-likeness (QED) is 0.818. The molecule has 2 nitrogen and oxygen atoms in total. The van der Waals surface area contributed by atoms with Crippen LogP contribution in [0.1, 0.15) is 53.9 Å². The maximum absolute atomic E-state index is 6.22. The summed E-state index contributed by atoms with van der Waals surface area (Å²) in [7, 11) is 0. The Labute approximate surface area is 108 Å². The van der Waals surface area contributed by atoms with E-state index in [0.29, 0.717) is 6.04 Å². The van der Waals surface area contributed by atoms with Crippen molar-refractivity contribution in [1.82, 2.24) is 4.90 Å². The molecule has 102 valence electrons. The zero-order chi connectivity index (χ0) is 13.1. The van der Waals surface area contributed by atoms with Crippen LogP contribution in [-0.4, -0.2) is 30.6 Å². The third kappa shape index (κ3) is 4.97. The number of nitrogens with zero attached hydrogens (tertiary/aromatic N) is 1. The predicted molar refractivity (Wildman–Crippen MR) is 76.0 cm³/mol. The molecule has 17 heavy (non-hydrogen) atoms. The average molecular weight is 240 g/mol. The first-order valence-corrected chi connectivity index (χ1v) is 7.28. The first-order valence-electron chi connectivity index (χ1n) is 7.28. The smallest absolute Gasteiger partial charge is 0.00998 e. The zero-order valence-corrected chi connectivity index (χ0v) is 12.5. The van der Waals surface area contributed by atoms with Crippen LogP contribution in [0.3, 0.4) is 0 Å². The Morgan fingerprint density at radius 1 is 1.18 bits per heavy atom. The van der Waals surface area contributed by atoms with Crippen LogP contribution >= 0.6 is 0 Å². The Morgan fingerprint density at radius 2 is 1.71 bits per heavy atom. The van der Waals surface area contributed by atoms with Crippen molar-refractivity contribution in [3.63, 3.8) is 0 Å². The third-order valence-corrected chi connectivity index (χ3v) is 4.44. The Morgan fingerprint density at radius 3 is 2.12 bits per heavy atom. The van der Waals surface area contributed by atoms with E-state index in [2.05, 4.69) is 39.5 Å². The summed E-state index contributed by atoms with van der Waals surface area (Å²) in [6, 6.07) is 0.324. The van der Waals surface area contributed by atoms with E-state index in [9.17, 15) is 0 Å². The number of piperidine rings is 1. The van der Waals surface area contributed by atoms with Gasteiger partial charge in [-0.05, 0) is 56.1 Å². The second kappa shape index (κ2) is 6.19. The molecule has 2 heteroatoms. The topological polar surface area (TPSA) is 29.3 Å². The monoisotopic (exact) mass is 240 g/mol. The van der Waals surface area contributed by atoms with Gasteiger partial charge >= 0.3 is 0 Å². The van der Waals surface area contributed by atoms with E-state index in [0.717, 1.165) is 18.3 Å². The SMILES string of the molecule is CC(C)C1CCN(CCC(N)C(C)(C)C)CC1. The molecule has 0 amide bonds. The highest BCUT2D eigenvalue weighted by molar-refractivity contribution is 4.80. The molecule has 0 saturated carbocycles. The first kappa shape index (κ1) is 15.0. The fraction of sp³-hybridized carbons (Fsp3) is 1.00. The molecule has 1 atom stereocenters. The van der Waals surface area contributed by atoms with Gasteiger partial charge in [0.25, 0.3) is 0 Å². The van der Waals surface area contributed by atoms with Gasteiger partial charge in [-0.1, -0.05) is 34.6 Å². The van der Waals surface area contributed by atoms with Gasteiger partial charge in [0.05, 0.1) is 0 Å². The van der Waals surface area contributed by atoms with Gasteiger partial charge in [0, 0.05) is 6.04 Å². The van der Waals surface area contributed by atoms with E-state index in [-0.39, 0.29) is 5.41 Å². The standard InChI is InChI=1S/C15H32N2/c1-12(2)13-6-9-17(10-7-13)11-8-14(16)15(3,4)5/h12-14H,6-11,16H2,1-5H3.